The lowest BCUT2D eigenvalue weighted by atomic mass is 10.2. The maximum Gasteiger partial charge on any atom is 0.151 e. The van der Waals surface area contributed by atoms with E-state index in [9.17, 15) is 0 Å². The molecule has 0 N–H and O–H groups in total. The molecule has 0 amide bonds. The maximum atomic E-state index is 5.56. The number of benzene rings is 2. The van der Waals surface area contributed by atoms with E-state index in [4.69, 9.17) is 19.0 Å². The number of para-hydroxylation sites is 1. The molecule has 0 aliphatic carbocycles. The molecule has 0 saturated heterocycles. The van der Waals surface area contributed by atoms with Gasteiger partial charge in [0.2, 0.25) is 0 Å². The van der Waals surface area contributed by atoms with Gasteiger partial charge in [-0.1, -0.05) is 17.3 Å². The molecule has 0 aromatic heterocycles. The second-order valence-electron chi connectivity index (χ2n) is 4.56. The topological polar surface area (TPSA) is 49.3 Å². The van der Waals surface area contributed by atoms with Gasteiger partial charge in [0.15, 0.2) is 6.61 Å². The number of nitrogens with zero attached hydrogens (tertiary/aromatic N) is 1. The first kappa shape index (κ1) is 16.7. The Hall–Kier alpha value is -2.69. The number of ether oxygens (including phenoxy) is 3. The third kappa shape index (κ3) is 5.54. The van der Waals surface area contributed by atoms with Crippen molar-refractivity contribution in [1.29, 1.82) is 0 Å². The zero-order valence-electron chi connectivity index (χ0n) is 13.4. The van der Waals surface area contributed by atoms with E-state index in [1.165, 1.54) is 0 Å². The van der Waals surface area contributed by atoms with E-state index in [0.29, 0.717) is 19.8 Å². The van der Waals surface area contributed by atoms with Gasteiger partial charge in [-0.2, -0.15) is 0 Å². The number of rotatable bonds is 9. The molecule has 122 valence electrons. The van der Waals surface area contributed by atoms with Crippen molar-refractivity contribution >= 4 is 6.21 Å². The lowest BCUT2D eigenvalue weighted by molar-refractivity contribution is 0.108. The predicted molar refractivity (Wildman–Crippen MR) is 89.6 cm³/mol. The average molecular weight is 315 g/mol. The molecule has 0 atom stereocenters. The van der Waals surface area contributed by atoms with Gasteiger partial charge in [-0.15, -0.1) is 0 Å². The van der Waals surface area contributed by atoms with Crippen LogP contribution in [0.3, 0.4) is 0 Å². The van der Waals surface area contributed by atoms with Gasteiger partial charge in [0.05, 0.1) is 19.9 Å². The van der Waals surface area contributed by atoms with Gasteiger partial charge in [0, 0.05) is 5.56 Å². The third-order valence-electron chi connectivity index (χ3n) is 2.98. The van der Waals surface area contributed by atoms with Crippen molar-refractivity contribution in [2.45, 2.75) is 6.92 Å². The van der Waals surface area contributed by atoms with Crippen LogP contribution in [0, 0.1) is 0 Å². The monoisotopic (exact) mass is 315 g/mol. The van der Waals surface area contributed by atoms with E-state index in [1.807, 2.05) is 55.5 Å². The Balaban J connectivity index is 1.70. The summed E-state index contributed by atoms with van der Waals surface area (Å²) in [6.45, 7) is 3.38. The normalized spacial score (nSPS) is 10.5. The highest BCUT2D eigenvalue weighted by Gasteiger charge is 1.98. The van der Waals surface area contributed by atoms with Crippen molar-refractivity contribution in [3.63, 3.8) is 0 Å². The van der Waals surface area contributed by atoms with Crippen molar-refractivity contribution in [2.24, 2.45) is 5.16 Å². The Morgan fingerprint density at radius 1 is 0.913 bits per heavy atom. The van der Waals surface area contributed by atoms with E-state index in [1.54, 1.807) is 13.3 Å². The van der Waals surface area contributed by atoms with Crippen molar-refractivity contribution in [1.82, 2.24) is 0 Å². The van der Waals surface area contributed by atoms with E-state index >= 15 is 0 Å². The molecule has 0 bridgehead atoms. The van der Waals surface area contributed by atoms with Gasteiger partial charge in [0.25, 0.3) is 0 Å². The smallest absolute Gasteiger partial charge is 0.151 e. The summed E-state index contributed by atoms with van der Waals surface area (Å²) in [7, 11) is 1.62. The fourth-order valence-corrected chi connectivity index (χ4v) is 1.92. The lowest BCUT2D eigenvalue weighted by Gasteiger charge is -2.07. The molecule has 5 nitrogen and oxygen atoms in total. The van der Waals surface area contributed by atoms with Crippen LogP contribution < -0.4 is 14.2 Å². The summed E-state index contributed by atoms with van der Waals surface area (Å²) < 4.78 is 16.2. The SMILES string of the molecule is CCOc1ccc(OCCO/N=C/c2ccccc2OC)cc1. The molecule has 2 aromatic carbocycles. The minimum atomic E-state index is 0.360. The van der Waals surface area contributed by atoms with Gasteiger partial charge in [-0.3, -0.25) is 0 Å². The van der Waals surface area contributed by atoms with Crippen LogP contribution in [-0.2, 0) is 4.84 Å². The van der Waals surface area contributed by atoms with Crippen molar-refractivity contribution < 1.29 is 19.0 Å². The summed E-state index contributed by atoms with van der Waals surface area (Å²) in [5.74, 6) is 2.36. The minimum absolute atomic E-state index is 0.360. The van der Waals surface area contributed by atoms with Crippen molar-refractivity contribution in [3.05, 3.63) is 54.1 Å². The molecule has 5 heteroatoms. The Morgan fingerprint density at radius 2 is 1.61 bits per heavy atom. The Kier molecular flexibility index (Phi) is 6.78. The molecule has 0 saturated carbocycles. The highest BCUT2D eigenvalue weighted by molar-refractivity contribution is 5.82. The van der Waals surface area contributed by atoms with Gasteiger partial charge in [-0.05, 0) is 43.3 Å². The lowest BCUT2D eigenvalue weighted by Crippen LogP contribution is -2.04. The molecule has 0 aliphatic rings. The van der Waals surface area contributed by atoms with Crippen LogP contribution in [0.15, 0.2) is 53.7 Å². The third-order valence-corrected chi connectivity index (χ3v) is 2.98. The van der Waals surface area contributed by atoms with Crippen LogP contribution in [0.2, 0.25) is 0 Å². The second-order valence-corrected chi connectivity index (χ2v) is 4.56. The summed E-state index contributed by atoms with van der Waals surface area (Å²) in [6, 6.07) is 15.1. The highest BCUT2D eigenvalue weighted by Crippen LogP contribution is 2.17. The second kappa shape index (κ2) is 9.35. The van der Waals surface area contributed by atoms with Crippen LogP contribution in [0.4, 0.5) is 0 Å². The minimum Gasteiger partial charge on any atom is -0.496 e. The van der Waals surface area contributed by atoms with Gasteiger partial charge in [0.1, 0.15) is 23.9 Å². The van der Waals surface area contributed by atoms with Gasteiger partial charge >= 0.3 is 0 Å². The summed E-state index contributed by atoms with van der Waals surface area (Å²) in [5.41, 5.74) is 0.863. The quantitative estimate of drug-likeness (QED) is 0.403. The first-order chi connectivity index (χ1) is 11.3. The first-order valence-corrected chi connectivity index (χ1v) is 7.47. The number of methoxy groups -OCH3 is 1. The summed E-state index contributed by atoms with van der Waals surface area (Å²) in [6.07, 6.45) is 1.62. The van der Waals surface area contributed by atoms with E-state index in [0.717, 1.165) is 22.8 Å². The fraction of sp³-hybridized carbons (Fsp3) is 0.278. The first-order valence-electron chi connectivity index (χ1n) is 7.47. The van der Waals surface area contributed by atoms with Crippen molar-refractivity contribution in [3.8, 4) is 17.2 Å². The Bertz CT molecular complexity index is 611. The van der Waals surface area contributed by atoms with Crippen LogP contribution in [0.25, 0.3) is 0 Å². The summed E-state index contributed by atoms with van der Waals surface area (Å²) >= 11 is 0. The number of hydrogen-bond donors (Lipinski definition) is 0. The maximum absolute atomic E-state index is 5.56. The largest absolute Gasteiger partial charge is 0.496 e. The highest BCUT2D eigenvalue weighted by atomic mass is 16.6. The van der Waals surface area contributed by atoms with E-state index in [-0.39, 0.29) is 0 Å². The van der Waals surface area contributed by atoms with Gasteiger partial charge < -0.3 is 19.0 Å². The Labute approximate surface area is 136 Å². The summed E-state index contributed by atoms with van der Waals surface area (Å²) in [5, 5.41) is 3.91. The zero-order chi connectivity index (χ0) is 16.3. The van der Waals surface area contributed by atoms with E-state index < -0.39 is 0 Å². The molecular weight excluding hydrogens is 294 g/mol. The van der Waals surface area contributed by atoms with Crippen LogP contribution in [-0.4, -0.2) is 33.1 Å². The number of oxime groups is 1. The van der Waals surface area contributed by atoms with Crippen LogP contribution in [0.1, 0.15) is 12.5 Å². The zero-order valence-corrected chi connectivity index (χ0v) is 13.4. The molecular formula is C18H21NO4. The standard InChI is InChI=1S/C18H21NO4/c1-3-21-16-8-10-17(11-9-16)22-12-13-23-19-14-15-6-4-5-7-18(15)20-2/h4-11,14H,3,12-13H2,1-2H3/b19-14+. The molecule has 0 aliphatic heterocycles. The molecule has 0 unspecified atom stereocenters. The Morgan fingerprint density at radius 3 is 2.30 bits per heavy atom. The molecule has 0 heterocycles. The average Bonchev–Trinajstić information content (AvgIpc) is 2.60. The predicted octanol–water partition coefficient (Wildman–Crippen LogP) is 3.52. The fourth-order valence-electron chi connectivity index (χ4n) is 1.92. The molecule has 0 radical (unpaired) electrons. The molecule has 2 rings (SSSR count). The van der Waals surface area contributed by atoms with Gasteiger partial charge in [-0.25, -0.2) is 0 Å². The molecule has 0 spiro atoms. The van der Waals surface area contributed by atoms with Crippen LogP contribution >= 0.6 is 0 Å². The van der Waals surface area contributed by atoms with Crippen LogP contribution in [0.5, 0.6) is 17.2 Å². The number of hydrogen-bond acceptors (Lipinski definition) is 5. The van der Waals surface area contributed by atoms with Crippen molar-refractivity contribution in [2.75, 3.05) is 26.9 Å². The molecule has 23 heavy (non-hydrogen) atoms. The molecule has 0 fully saturated rings. The summed E-state index contributed by atoms with van der Waals surface area (Å²) in [4.78, 5) is 5.19. The molecule has 2 aromatic rings. The van der Waals surface area contributed by atoms with E-state index in [2.05, 4.69) is 5.16 Å².